The number of benzene rings is 1. The Morgan fingerprint density at radius 1 is 1.23 bits per heavy atom. The molecule has 0 radical (unpaired) electrons. The minimum Gasteiger partial charge on any atom is -0.502 e. The number of guanidine groups is 1. The summed E-state index contributed by atoms with van der Waals surface area (Å²) in [5, 5.41) is 13.4. The summed E-state index contributed by atoms with van der Waals surface area (Å²) < 4.78 is 10.5. The van der Waals surface area contributed by atoms with E-state index in [9.17, 15) is 5.11 Å². The molecule has 3 rings (SSSR count). The molecule has 1 spiro atoms. The van der Waals surface area contributed by atoms with Gasteiger partial charge in [-0.25, -0.2) is 4.99 Å². The first-order valence-corrected chi connectivity index (χ1v) is 9.08. The van der Waals surface area contributed by atoms with E-state index in [0.29, 0.717) is 23.5 Å². The van der Waals surface area contributed by atoms with Gasteiger partial charge in [-0.2, -0.15) is 0 Å². The normalized spacial score (nSPS) is 18.3. The lowest BCUT2D eigenvalue weighted by molar-refractivity contribution is 0.151. The van der Waals surface area contributed by atoms with Gasteiger partial charge in [0.2, 0.25) is 5.75 Å². The van der Waals surface area contributed by atoms with Crippen LogP contribution < -0.4 is 14.8 Å². The van der Waals surface area contributed by atoms with Gasteiger partial charge in [-0.15, -0.1) is 24.0 Å². The van der Waals surface area contributed by atoms with Gasteiger partial charge in [0.15, 0.2) is 17.5 Å². The predicted molar refractivity (Wildman–Crippen MR) is 114 cm³/mol. The molecule has 6 nitrogen and oxygen atoms in total. The van der Waals surface area contributed by atoms with E-state index in [1.54, 1.807) is 0 Å². The zero-order valence-electron chi connectivity index (χ0n) is 15.9. The van der Waals surface area contributed by atoms with Crippen LogP contribution in [0.25, 0.3) is 0 Å². The minimum absolute atomic E-state index is 0. The number of methoxy groups -OCH3 is 2. The Bertz CT molecular complexity index is 622. The molecule has 0 aromatic heterocycles. The van der Waals surface area contributed by atoms with Gasteiger partial charge < -0.3 is 24.8 Å². The summed E-state index contributed by atoms with van der Waals surface area (Å²) in [4.78, 5) is 7.20. The summed E-state index contributed by atoms with van der Waals surface area (Å²) in [7, 11) is 3.07. The predicted octanol–water partition coefficient (Wildman–Crippen LogP) is 3.37. The van der Waals surface area contributed by atoms with E-state index >= 15 is 0 Å². The van der Waals surface area contributed by atoms with E-state index in [2.05, 4.69) is 17.1 Å². The van der Waals surface area contributed by atoms with Crippen LogP contribution in [0.2, 0.25) is 0 Å². The number of rotatable bonds is 5. The average molecular weight is 475 g/mol. The van der Waals surface area contributed by atoms with Crippen LogP contribution in [-0.2, 0) is 6.54 Å². The van der Waals surface area contributed by atoms with Crippen LogP contribution in [0, 0.1) is 5.41 Å². The van der Waals surface area contributed by atoms with Crippen molar-refractivity contribution < 1.29 is 14.6 Å². The van der Waals surface area contributed by atoms with Crippen LogP contribution in [-0.4, -0.2) is 49.8 Å². The number of hydrogen-bond donors (Lipinski definition) is 2. The number of aromatic hydroxyl groups is 1. The maximum atomic E-state index is 10.0. The van der Waals surface area contributed by atoms with Crippen LogP contribution in [0.5, 0.6) is 17.2 Å². The number of phenolic OH excluding ortho intramolecular Hbond substituents is 1. The lowest BCUT2D eigenvalue weighted by Crippen LogP contribution is -2.42. The quantitative estimate of drug-likeness (QED) is 0.389. The van der Waals surface area contributed by atoms with Gasteiger partial charge in [0.25, 0.3) is 0 Å². The van der Waals surface area contributed by atoms with Crippen LogP contribution in [0.3, 0.4) is 0 Å². The van der Waals surface area contributed by atoms with Gasteiger partial charge in [0.05, 0.1) is 20.8 Å². The number of likely N-dealkylation sites (tertiary alicyclic amines) is 1. The lowest BCUT2D eigenvalue weighted by Gasteiger charge is -2.38. The highest BCUT2D eigenvalue weighted by Crippen LogP contribution is 2.47. The Hall–Kier alpha value is -1.38. The largest absolute Gasteiger partial charge is 0.502 e. The van der Waals surface area contributed by atoms with E-state index in [1.807, 2.05) is 12.1 Å². The minimum atomic E-state index is 0. The Morgan fingerprint density at radius 3 is 2.35 bits per heavy atom. The summed E-state index contributed by atoms with van der Waals surface area (Å²) in [6.07, 6.45) is 5.36. The van der Waals surface area contributed by atoms with E-state index < -0.39 is 0 Å². The van der Waals surface area contributed by atoms with Gasteiger partial charge in [-0.05, 0) is 49.3 Å². The Morgan fingerprint density at radius 2 is 1.88 bits per heavy atom. The van der Waals surface area contributed by atoms with E-state index in [0.717, 1.165) is 31.2 Å². The molecular formula is C19H30IN3O3. The molecule has 1 aliphatic heterocycles. The van der Waals surface area contributed by atoms with E-state index in [-0.39, 0.29) is 29.7 Å². The standard InChI is InChI=1S/C19H29N3O3.HI/c1-4-20-18(22-9-8-19(13-22)6-5-7-19)21-12-14-10-15(24-2)17(23)16(11-14)25-3;/h10-11,23H,4-9,12-13H2,1-3H3,(H,20,21);1H. The molecule has 2 aliphatic rings. The third-order valence-electron chi connectivity index (χ3n) is 5.44. The zero-order valence-corrected chi connectivity index (χ0v) is 18.2. The molecule has 26 heavy (non-hydrogen) atoms. The molecule has 0 unspecified atom stereocenters. The Labute approximate surface area is 173 Å². The zero-order chi connectivity index (χ0) is 17.9. The molecule has 1 saturated carbocycles. The van der Waals surface area contributed by atoms with Gasteiger partial charge in [0, 0.05) is 19.6 Å². The van der Waals surface area contributed by atoms with Crippen molar-refractivity contribution in [2.75, 3.05) is 33.9 Å². The summed E-state index contributed by atoms with van der Waals surface area (Å²) >= 11 is 0. The van der Waals surface area contributed by atoms with Crippen LogP contribution >= 0.6 is 24.0 Å². The number of aliphatic imine (C=N–C) groups is 1. The number of nitrogens with zero attached hydrogens (tertiary/aromatic N) is 2. The second-order valence-electron chi connectivity index (χ2n) is 7.04. The highest BCUT2D eigenvalue weighted by molar-refractivity contribution is 14.0. The average Bonchev–Trinajstić information content (AvgIpc) is 3.05. The van der Waals surface area contributed by atoms with Crippen molar-refractivity contribution in [1.82, 2.24) is 10.2 Å². The lowest BCUT2D eigenvalue weighted by atomic mass is 9.68. The summed E-state index contributed by atoms with van der Waals surface area (Å²) in [6.45, 7) is 5.65. The topological polar surface area (TPSA) is 66.3 Å². The molecule has 2 N–H and O–H groups in total. The smallest absolute Gasteiger partial charge is 0.200 e. The second-order valence-corrected chi connectivity index (χ2v) is 7.04. The molecule has 1 heterocycles. The number of phenols is 1. The van der Waals surface area contributed by atoms with Crippen LogP contribution in [0.1, 0.15) is 38.2 Å². The summed E-state index contributed by atoms with van der Waals surface area (Å²) in [5.74, 6) is 1.81. The third-order valence-corrected chi connectivity index (χ3v) is 5.44. The number of hydrogen-bond acceptors (Lipinski definition) is 4. The number of ether oxygens (including phenoxy) is 2. The SMILES string of the molecule is CCNC(=NCc1cc(OC)c(O)c(OC)c1)N1CCC2(CCC2)C1.I. The first-order valence-electron chi connectivity index (χ1n) is 9.08. The van der Waals surface area contributed by atoms with Crippen molar-refractivity contribution >= 4 is 29.9 Å². The summed E-state index contributed by atoms with van der Waals surface area (Å²) in [5.41, 5.74) is 1.49. The fourth-order valence-corrected chi connectivity index (χ4v) is 3.83. The van der Waals surface area contributed by atoms with Gasteiger partial charge in [0.1, 0.15) is 0 Å². The third kappa shape index (κ3) is 4.29. The molecule has 2 fully saturated rings. The fraction of sp³-hybridized carbons (Fsp3) is 0.632. The molecule has 1 aliphatic carbocycles. The van der Waals surface area contributed by atoms with Gasteiger partial charge in [-0.1, -0.05) is 6.42 Å². The van der Waals surface area contributed by atoms with Crippen molar-refractivity contribution in [3.8, 4) is 17.2 Å². The molecule has 1 saturated heterocycles. The van der Waals surface area contributed by atoms with E-state index in [1.165, 1.54) is 39.9 Å². The monoisotopic (exact) mass is 475 g/mol. The van der Waals surface area contributed by atoms with E-state index in [4.69, 9.17) is 14.5 Å². The molecule has 1 aromatic rings. The van der Waals surface area contributed by atoms with Crippen molar-refractivity contribution in [1.29, 1.82) is 0 Å². The fourth-order valence-electron chi connectivity index (χ4n) is 3.83. The molecule has 0 atom stereocenters. The molecule has 146 valence electrons. The van der Waals surface area contributed by atoms with Crippen molar-refractivity contribution in [3.05, 3.63) is 17.7 Å². The van der Waals surface area contributed by atoms with Crippen LogP contribution in [0.4, 0.5) is 0 Å². The van der Waals surface area contributed by atoms with Gasteiger partial charge in [-0.3, -0.25) is 0 Å². The maximum Gasteiger partial charge on any atom is 0.200 e. The molecule has 1 aromatic carbocycles. The first kappa shape index (κ1) is 20.9. The number of halogens is 1. The van der Waals surface area contributed by atoms with Crippen LogP contribution in [0.15, 0.2) is 17.1 Å². The molecule has 7 heteroatoms. The Balaban J connectivity index is 0.00000243. The van der Waals surface area contributed by atoms with Crippen molar-refractivity contribution in [2.24, 2.45) is 10.4 Å². The van der Waals surface area contributed by atoms with Gasteiger partial charge >= 0.3 is 0 Å². The van der Waals surface area contributed by atoms with Crippen molar-refractivity contribution in [2.45, 2.75) is 39.2 Å². The number of nitrogens with one attached hydrogen (secondary N) is 1. The highest BCUT2D eigenvalue weighted by Gasteiger charge is 2.43. The van der Waals surface area contributed by atoms with Crippen molar-refractivity contribution in [3.63, 3.8) is 0 Å². The highest BCUT2D eigenvalue weighted by atomic mass is 127. The maximum absolute atomic E-state index is 10.0. The molecular weight excluding hydrogens is 445 g/mol. The molecule has 0 bridgehead atoms. The Kier molecular flexibility index (Phi) is 7.25. The molecule has 0 amide bonds. The first-order chi connectivity index (χ1) is 12.1. The second kappa shape index (κ2) is 9.01. The summed E-state index contributed by atoms with van der Waals surface area (Å²) in [6, 6.07) is 3.62.